The quantitative estimate of drug-likeness (QED) is 0.508. The van der Waals surface area contributed by atoms with Gasteiger partial charge in [0.05, 0.1) is 22.4 Å². The van der Waals surface area contributed by atoms with Crippen LogP contribution in [0.1, 0.15) is 30.5 Å². The first-order chi connectivity index (χ1) is 15.7. The molecule has 1 N–H and O–H groups in total. The molecule has 4 rings (SSSR count). The summed E-state index contributed by atoms with van der Waals surface area (Å²) in [6, 6.07) is 21.6. The Kier molecular flexibility index (Phi) is 6.47. The third-order valence-corrected chi connectivity index (χ3v) is 8.47. The van der Waals surface area contributed by atoms with Crippen LogP contribution < -0.4 is 4.72 Å². The lowest BCUT2D eigenvalue weighted by atomic mass is 9.99. The van der Waals surface area contributed by atoms with E-state index in [1.54, 1.807) is 43.3 Å². The van der Waals surface area contributed by atoms with Crippen molar-refractivity contribution >= 4 is 43.0 Å². The van der Waals surface area contributed by atoms with Crippen molar-refractivity contribution in [3.63, 3.8) is 0 Å². The van der Waals surface area contributed by atoms with Crippen LogP contribution in [0, 0.1) is 0 Å². The van der Waals surface area contributed by atoms with E-state index in [0.29, 0.717) is 28.4 Å². The lowest BCUT2D eigenvalue weighted by molar-refractivity contribution is 0.371. The van der Waals surface area contributed by atoms with Crippen molar-refractivity contribution in [1.29, 1.82) is 0 Å². The molecule has 1 atom stereocenters. The van der Waals surface area contributed by atoms with E-state index in [2.05, 4.69) is 9.82 Å². The lowest BCUT2D eigenvalue weighted by Crippen LogP contribution is -2.27. The molecule has 1 unspecified atom stereocenters. The minimum Gasteiger partial charge on any atom is -0.284 e. The highest BCUT2D eigenvalue weighted by atomic mass is 35.5. The van der Waals surface area contributed by atoms with Gasteiger partial charge in [0.2, 0.25) is 10.0 Å². The molecule has 1 aliphatic rings. The van der Waals surface area contributed by atoms with Crippen molar-refractivity contribution in [1.82, 2.24) is 4.41 Å². The van der Waals surface area contributed by atoms with Gasteiger partial charge >= 0.3 is 0 Å². The van der Waals surface area contributed by atoms with Crippen LogP contribution in [0.2, 0.25) is 5.02 Å². The van der Waals surface area contributed by atoms with Gasteiger partial charge in [-0.3, -0.25) is 4.72 Å². The van der Waals surface area contributed by atoms with Crippen molar-refractivity contribution in [2.24, 2.45) is 5.10 Å². The first-order valence-corrected chi connectivity index (χ1v) is 13.7. The highest BCUT2D eigenvalue weighted by molar-refractivity contribution is 7.92. The van der Waals surface area contributed by atoms with Gasteiger partial charge in [0.25, 0.3) is 10.0 Å². The molecular weight excluding hydrogens is 482 g/mol. The summed E-state index contributed by atoms with van der Waals surface area (Å²) >= 11 is 6.04. The van der Waals surface area contributed by atoms with Crippen LogP contribution >= 0.6 is 11.6 Å². The monoisotopic (exact) mass is 503 g/mol. The van der Waals surface area contributed by atoms with Crippen molar-refractivity contribution in [3.05, 3.63) is 95.0 Å². The smallest absolute Gasteiger partial charge is 0.279 e. The van der Waals surface area contributed by atoms with Crippen LogP contribution in [0.3, 0.4) is 0 Å². The third kappa shape index (κ3) is 5.05. The van der Waals surface area contributed by atoms with E-state index in [0.717, 1.165) is 9.98 Å². The van der Waals surface area contributed by atoms with Gasteiger partial charge in [0.15, 0.2) is 0 Å². The number of benzene rings is 3. The second-order valence-corrected chi connectivity index (χ2v) is 11.7. The topological polar surface area (TPSA) is 95.9 Å². The maximum Gasteiger partial charge on any atom is 0.279 e. The summed E-state index contributed by atoms with van der Waals surface area (Å²) in [5.74, 6) is -0.0556. The van der Waals surface area contributed by atoms with E-state index in [4.69, 9.17) is 11.6 Å². The van der Waals surface area contributed by atoms with Crippen molar-refractivity contribution in [3.8, 4) is 0 Å². The van der Waals surface area contributed by atoms with Crippen LogP contribution in [0.15, 0.2) is 88.9 Å². The Hall–Kier alpha value is -2.88. The normalized spacial score (nSPS) is 16.5. The molecule has 0 aromatic heterocycles. The molecule has 0 spiro atoms. The van der Waals surface area contributed by atoms with E-state index in [1.165, 1.54) is 12.1 Å². The molecule has 0 bridgehead atoms. The number of hydrazone groups is 1. The third-order valence-electron chi connectivity index (χ3n) is 5.25. The molecule has 0 fully saturated rings. The zero-order valence-corrected chi connectivity index (χ0v) is 20.1. The van der Waals surface area contributed by atoms with Crippen LogP contribution in [-0.4, -0.2) is 32.7 Å². The van der Waals surface area contributed by atoms with E-state index in [-0.39, 0.29) is 10.6 Å². The van der Waals surface area contributed by atoms with Gasteiger partial charge in [-0.15, -0.1) is 0 Å². The summed E-state index contributed by atoms with van der Waals surface area (Å²) in [4.78, 5) is 0.0467. The summed E-state index contributed by atoms with van der Waals surface area (Å²) in [6.45, 7) is 1.55. The molecule has 1 heterocycles. The number of hydrogen-bond acceptors (Lipinski definition) is 5. The maximum atomic E-state index is 13.5. The molecule has 33 heavy (non-hydrogen) atoms. The highest BCUT2D eigenvalue weighted by Crippen LogP contribution is 2.37. The van der Waals surface area contributed by atoms with Gasteiger partial charge in [-0.25, -0.2) is 8.42 Å². The molecule has 0 saturated carbocycles. The number of sulfonamides is 2. The van der Waals surface area contributed by atoms with Crippen LogP contribution in [0.5, 0.6) is 0 Å². The Labute approximate surface area is 198 Å². The number of anilines is 1. The van der Waals surface area contributed by atoms with Gasteiger partial charge in [-0.2, -0.15) is 17.9 Å². The molecule has 172 valence electrons. The van der Waals surface area contributed by atoms with Gasteiger partial charge in [0, 0.05) is 17.1 Å². The molecule has 3 aromatic carbocycles. The molecule has 0 radical (unpaired) electrons. The van der Waals surface area contributed by atoms with Gasteiger partial charge < -0.3 is 0 Å². The first-order valence-electron chi connectivity index (χ1n) is 10.2. The minimum absolute atomic E-state index is 0.0467. The Morgan fingerprint density at radius 2 is 1.70 bits per heavy atom. The molecule has 1 aliphatic heterocycles. The summed E-state index contributed by atoms with van der Waals surface area (Å²) in [6.07, 6.45) is 0.327. The van der Waals surface area contributed by atoms with Crippen molar-refractivity contribution < 1.29 is 16.8 Å². The second kappa shape index (κ2) is 9.17. The molecule has 0 saturated heterocycles. The summed E-state index contributed by atoms with van der Waals surface area (Å²) in [5.41, 5.74) is 2.36. The predicted molar refractivity (Wildman–Crippen MR) is 130 cm³/mol. The fourth-order valence-electron chi connectivity index (χ4n) is 3.56. The summed E-state index contributed by atoms with van der Waals surface area (Å²) < 4.78 is 54.6. The zero-order valence-electron chi connectivity index (χ0n) is 17.7. The fourth-order valence-corrected chi connectivity index (χ4v) is 5.92. The average Bonchev–Trinajstić information content (AvgIpc) is 3.26. The SMILES string of the molecule is CCS(=O)(=O)Nc1cccc(C2=NN(S(=O)(=O)c3cccc(Cl)c3)C(c3ccccc3)C2)c1. The van der Waals surface area contributed by atoms with Crippen molar-refractivity contribution in [2.75, 3.05) is 10.5 Å². The van der Waals surface area contributed by atoms with Crippen LogP contribution in [0.4, 0.5) is 5.69 Å². The Morgan fingerprint density at radius 3 is 2.39 bits per heavy atom. The highest BCUT2D eigenvalue weighted by Gasteiger charge is 2.37. The predicted octanol–water partition coefficient (Wildman–Crippen LogP) is 4.64. The Bertz CT molecular complexity index is 1410. The Morgan fingerprint density at radius 1 is 0.970 bits per heavy atom. The number of nitrogens with zero attached hydrogens (tertiary/aromatic N) is 2. The van der Waals surface area contributed by atoms with Crippen LogP contribution in [0.25, 0.3) is 0 Å². The molecule has 0 amide bonds. The molecule has 3 aromatic rings. The molecular formula is C23H22ClN3O4S2. The van der Waals surface area contributed by atoms with E-state index >= 15 is 0 Å². The summed E-state index contributed by atoms with van der Waals surface area (Å²) in [5, 5.41) is 4.81. The zero-order chi connectivity index (χ0) is 23.6. The van der Waals surface area contributed by atoms with E-state index in [9.17, 15) is 16.8 Å². The van der Waals surface area contributed by atoms with Crippen LogP contribution in [-0.2, 0) is 20.0 Å². The number of nitrogens with one attached hydrogen (secondary N) is 1. The number of halogens is 1. The fraction of sp³-hybridized carbons (Fsp3) is 0.174. The van der Waals surface area contributed by atoms with Gasteiger partial charge in [-0.05, 0) is 48.4 Å². The molecule has 7 nitrogen and oxygen atoms in total. The van der Waals surface area contributed by atoms with E-state index in [1.807, 2.05) is 30.3 Å². The molecule has 0 aliphatic carbocycles. The van der Waals surface area contributed by atoms with Gasteiger partial charge in [0.1, 0.15) is 0 Å². The standard InChI is InChI=1S/C23H22ClN3O4S2/c1-2-32(28,29)26-20-12-6-10-18(14-20)22-16-23(17-8-4-3-5-9-17)27(25-22)33(30,31)21-13-7-11-19(24)15-21/h3-15,23,26H,2,16H2,1H3. The second-order valence-electron chi connectivity index (χ2n) is 7.50. The largest absolute Gasteiger partial charge is 0.284 e. The minimum atomic E-state index is -3.99. The number of rotatable bonds is 7. The summed E-state index contributed by atoms with van der Waals surface area (Å²) in [7, 11) is -7.44. The lowest BCUT2D eigenvalue weighted by Gasteiger charge is -2.23. The maximum absolute atomic E-state index is 13.5. The average molecular weight is 504 g/mol. The van der Waals surface area contributed by atoms with E-state index < -0.39 is 26.1 Å². The Balaban J connectivity index is 1.77. The molecule has 10 heteroatoms. The van der Waals surface area contributed by atoms with Gasteiger partial charge in [-0.1, -0.05) is 60.1 Å². The first kappa shape index (κ1) is 23.3. The van der Waals surface area contributed by atoms with Crippen molar-refractivity contribution in [2.45, 2.75) is 24.3 Å². The number of hydrogen-bond donors (Lipinski definition) is 1.